The fourth-order valence-electron chi connectivity index (χ4n) is 1.82. The molecule has 21 heavy (non-hydrogen) atoms. The number of hydrogen-bond acceptors (Lipinski definition) is 5. The molecule has 6 heteroatoms. The Balaban J connectivity index is 1.59. The van der Waals surface area contributed by atoms with Crippen LogP contribution in [0.25, 0.3) is 0 Å². The molecule has 2 aromatic rings. The number of rotatable bonds is 9. The first-order chi connectivity index (χ1) is 10.3. The number of benzene rings is 1. The van der Waals surface area contributed by atoms with Crippen LogP contribution in [-0.2, 0) is 6.54 Å². The number of methoxy groups -OCH3 is 1. The van der Waals surface area contributed by atoms with E-state index in [0.717, 1.165) is 18.8 Å². The summed E-state index contributed by atoms with van der Waals surface area (Å²) in [6.07, 6.45) is 3.10. The van der Waals surface area contributed by atoms with Gasteiger partial charge in [0.2, 0.25) is 0 Å². The van der Waals surface area contributed by atoms with E-state index < -0.39 is 6.10 Å². The monoisotopic (exact) mass is 291 g/mol. The Bertz CT molecular complexity index is 499. The molecule has 0 radical (unpaired) electrons. The smallest absolute Gasteiger partial charge is 0.119 e. The molecule has 1 aromatic heterocycles. The third-order valence-corrected chi connectivity index (χ3v) is 2.96. The minimum atomic E-state index is -0.551. The highest BCUT2D eigenvalue weighted by Gasteiger charge is 2.05. The minimum Gasteiger partial charge on any atom is -0.497 e. The summed E-state index contributed by atoms with van der Waals surface area (Å²) in [5.41, 5.74) is 0. The summed E-state index contributed by atoms with van der Waals surface area (Å²) < 4.78 is 12.4. The van der Waals surface area contributed by atoms with Gasteiger partial charge in [-0.05, 0) is 30.3 Å². The zero-order valence-electron chi connectivity index (χ0n) is 12.1. The molecule has 0 bridgehead atoms. The molecule has 1 unspecified atom stereocenters. The fourth-order valence-corrected chi connectivity index (χ4v) is 1.82. The Kier molecular flexibility index (Phi) is 6.05. The second kappa shape index (κ2) is 8.28. The summed E-state index contributed by atoms with van der Waals surface area (Å²) in [5, 5.41) is 17.1. The first-order valence-corrected chi connectivity index (χ1v) is 6.91. The standard InChI is InChI=1S/C15H21N3O3/c1-20-14-3-5-15(6-4-14)21-12-13(19)11-16-8-10-18-9-2-7-17-18/h2-7,9,13,16,19H,8,10-12H2,1H3. The van der Waals surface area contributed by atoms with E-state index >= 15 is 0 Å². The molecule has 114 valence electrons. The van der Waals surface area contributed by atoms with Gasteiger partial charge in [-0.1, -0.05) is 0 Å². The molecule has 1 atom stereocenters. The van der Waals surface area contributed by atoms with Gasteiger partial charge in [0.1, 0.15) is 24.2 Å². The molecule has 0 aliphatic heterocycles. The summed E-state index contributed by atoms with van der Waals surface area (Å²) in [6, 6.07) is 9.17. The van der Waals surface area contributed by atoms with Gasteiger partial charge in [0.05, 0.1) is 13.7 Å². The van der Waals surface area contributed by atoms with E-state index in [1.165, 1.54) is 0 Å². The largest absolute Gasteiger partial charge is 0.497 e. The lowest BCUT2D eigenvalue weighted by Crippen LogP contribution is -2.33. The maximum Gasteiger partial charge on any atom is 0.119 e. The van der Waals surface area contributed by atoms with Gasteiger partial charge in [0.15, 0.2) is 0 Å². The summed E-state index contributed by atoms with van der Waals surface area (Å²) in [4.78, 5) is 0. The van der Waals surface area contributed by atoms with E-state index in [0.29, 0.717) is 12.3 Å². The quantitative estimate of drug-likeness (QED) is 0.673. The number of ether oxygens (including phenoxy) is 2. The van der Waals surface area contributed by atoms with Crippen molar-refractivity contribution in [2.75, 3.05) is 26.8 Å². The molecule has 0 fully saturated rings. The number of hydrogen-bond donors (Lipinski definition) is 2. The Morgan fingerprint density at radius 3 is 2.71 bits per heavy atom. The van der Waals surface area contributed by atoms with Gasteiger partial charge in [-0.15, -0.1) is 0 Å². The predicted octanol–water partition coefficient (Wildman–Crippen LogP) is 0.921. The number of aliphatic hydroxyl groups excluding tert-OH is 1. The van der Waals surface area contributed by atoms with Crippen molar-refractivity contribution in [2.24, 2.45) is 0 Å². The van der Waals surface area contributed by atoms with Gasteiger partial charge in [-0.2, -0.15) is 5.10 Å². The Morgan fingerprint density at radius 1 is 1.29 bits per heavy atom. The van der Waals surface area contributed by atoms with E-state index in [-0.39, 0.29) is 6.61 Å². The van der Waals surface area contributed by atoms with Gasteiger partial charge in [0, 0.05) is 25.5 Å². The maximum absolute atomic E-state index is 9.83. The molecular weight excluding hydrogens is 270 g/mol. The zero-order chi connectivity index (χ0) is 14.9. The molecule has 0 aliphatic carbocycles. The van der Waals surface area contributed by atoms with E-state index in [1.807, 2.05) is 41.2 Å². The van der Waals surface area contributed by atoms with Crippen molar-refractivity contribution in [1.82, 2.24) is 15.1 Å². The summed E-state index contributed by atoms with van der Waals surface area (Å²) in [7, 11) is 1.62. The highest BCUT2D eigenvalue weighted by atomic mass is 16.5. The lowest BCUT2D eigenvalue weighted by atomic mass is 10.3. The van der Waals surface area contributed by atoms with Crippen molar-refractivity contribution in [3.8, 4) is 11.5 Å². The van der Waals surface area contributed by atoms with Crippen molar-refractivity contribution in [3.05, 3.63) is 42.7 Å². The van der Waals surface area contributed by atoms with Gasteiger partial charge in [-0.25, -0.2) is 0 Å². The first kappa shape index (κ1) is 15.3. The lowest BCUT2D eigenvalue weighted by Gasteiger charge is -2.13. The van der Waals surface area contributed by atoms with E-state index in [4.69, 9.17) is 9.47 Å². The van der Waals surface area contributed by atoms with Crippen LogP contribution in [0.2, 0.25) is 0 Å². The van der Waals surface area contributed by atoms with Crippen molar-refractivity contribution < 1.29 is 14.6 Å². The molecule has 2 N–H and O–H groups in total. The Hall–Kier alpha value is -2.05. The number of nitrogens with zero attached hydrogens (tertiary/aromatic N) is 2. The molecule has 0 saturated carbocycles. The summed E-state index contributed by atoms with van der Waals surface area (Å²) in [6.45, 7) is 2.26. The van der Waals surface area contributed by atoms with Crippen molar-refractivity contribution in [1.29, 1.82) is 0 Å². The average molecular weight is 291 g/mol. The van der Waals surface area contributed by atoms with Crippen LogP contribution in [-0.4, -0.2) is 47.8 Å². The maximum atomic E-state index is 9.83. The number of aromatic nitrogens is 2. The molecular formula is C15H21N3O3. The van der Waals surface area contributed by atoms with E-state index in [9.17, 15) is 5.11 Å². The summed E-state index contributed by atoms with van der Waals surface area (Å²) >= 11 is 0. The van der Waals surface area contributed by atoms with Crippen LogP contribution < -0.4 is 14.8 Å². The second-order valence-electron chi connectivity index (χ2n) is 4.61. The predicted molar refractivity (Wildman–Crippen MR) is 79.6 cm³/mol. The summed E-state index contributed by atoms with van der Waals surface area (Å²) in [5.74, 6) is 1.49. The van der Waals surface area contributed by atoms with Gasteiger partial charge < -0.3 is 19.9 Å². The molecule has 1 aromatic carbocycles. The topological polar surface area (TPSA) is 68.5 Å². The van der Waals surface area contributed by atoms with Crippen LogP contribution in [0.5, 0.6) is 11.5 Å². The average Bonchev–Trinajstić information content (AvgIpc) is 3.03. The molecule has 1 heterocycles. The molecule has 0 aliphatic rings. The third-order valence-electron chi connectivity index (χ3n) is 2.96. The van der Waals surface area contributed by atoms with Crippen LogP contribution in [0.15, 0.2) is 42.7 Å². The molecule has 0 amide bonds. The fraction of sp³-hybridized carbons (Fsp3) is 0.400. The SMILES string of the molecule is COc1ccc(OCC(O)CNCCn2cccn2)cc1. The van der Waals surface area contributed by atoms with Crippen LogP contribution in [0.1, 0.15) is 0 Å². The molecule has 2 rings (SSSR count). The van der Waals surface area contributed by atoms with E-state index in [1.54, 1.807) is 13.3 Å². The molecule has 6 nitrogen and oxygen atoms in total. The molecule has 0 saturated heterocycles. The second-order valence-corrected chi connectivity index (χ2v) is 4.61. The highest BCUT2D eigenvalue weighted by molar-refractivity contribution is 5.31. The normalized spacial score (nSPS) is 12.1. The van der Waals surface area contributed by atoms with E-state index in [2.05, 4.69) is 10.4 Å². The third kappa shape index (κ3) is 5.45. The van der Waals surface area contributed by atoms with Crippen LogP contribution in [0.3, 0.4) is 0 Å². The first-order valence-electron chi connectivity index (χ1n) is 6.91. The lowest BCUT2D eigenvalue weighted by molar-refractivity contribution is 0.106. The van der Waals surface area contributed by atoms with Crippen molar-refractivity contribution in [2.45, 2.75) is 12.6 Å². The Morgan fingerprint density at radius 2 is 2.05 bits per heavy atom. The zero-order valence-corrected chi connectivity index (χ0v) is 12.1. The number of nitrogens with one attached hydrogen (secondary N) is 1. The van der Waals surface area contributed by atoms with Crippen molar-refractivity contribution >= 4 is 0 Å². The Labute approximate surface area is 124 Å². The van der Waals surface area contributed by atoms with Gasteiger partial charge >= 0.3 is 0 Å². The van der Waals surface area contributed by atoms with Gasteiger partial charge in [-0.3, -0.25) is 4.68 Å². The van der Waals surface area contributed by atoms with Crippen LogP contribution >= 0.6 is 0 Å². The molecule has 0 spiro atoms. The highest BCUT2D eigenvalue weighted by Crippen LogP contribution is 2.16. The van der Waals surface area contributed by atoms with Crippen LogP contribution in [0, 0.1) is 0 Å². The van der Waals surface area contributed by atoms with Gasteiger partial charge in [0.25, 0.3) is 0 Å². The minimum absolute atomic E-state index is 0.251. The van der Waals surface area contributed by atoms with Crippen molar-refractivity contribution in [3.63, 3.8) is 0 Å². The number of aliphatic hydroxyl groups is 1. The van der Waals surface area contributed by atoms with Crippen LogP contribution in [0.4, 0.5) is 0 Å².